The summed E-state index contributed by atoms with van der Waals surface area (Å²) in [6, 6.07) is 5.65. The number of methoxy groups -OCH3 is 3. The van der Waals surface area contributed by atoms with Crippen molar-refractivity contribution in [2.45, 2.75) is 12.6 Å². The fraction of sp³-hybridized carbons (Fsp3) is 0.538. The first kappa shape index (κ1) is 14.8. The van der Waals surface area contributed by atoms with Gasteiger partial charge in [0.05, 0.1) is 26.9 Å². The van der Waals surface area contributed by atoms with Crippen molar-refractivity contribution in [1.29, 1.82) is 0 Å². The first-order valence-electron chi connectivity index (χ1n) is 5.80. The summed E-state index contributed by atoms with van der Waals surface area (Å²) in [6.07, 6.45) is -0.501. The van der Waals surface area contributed by atoms with Gasteiger partial charge < -0.3 is 24.6 Å². The Bertz CT molecular complexity index is 357. The molecule has 0 heterocycles. The smallest absolute Gasteiger partial charge is 0.127 e. The molecule has 1 atom stereocenters. The van der Waals surface area contributed by atoms with Gasteiger partial charge in [-0.1, -0.05) is 6.07 Å². The van der Waals surface area contributed by atoms with Crippen molar-refractivity contribution in [1.82, 2.24) is 5.32 Å². The summed E-state index contributed by atoms with van der Waals surface area (Å²) in [6.45, 7) is 1.42. The van der Waals surface area contributed by atoms with E-state index in [1.165, 1.54) is 0 Å². The number of hydrogen-bond donors (Lipinski definition) is 2. The van der Waals surface area contributed by atoms with Crippen LogP contribution in [0.15, 0.2) is 18.2 Å². The predicted molar refractivity (Wildman–Crippen MR) is 69.1 cm³/mol. The van der Waals surface area contributed by atoms with E-state index >= 15 is 0 Å². The zero-order valence-corrected chi connectivity index (χ0v) is 11.1. The van der Waals surface area contributed by atoms with Gasteiger partial charge in [-0.2, -0.15) is 0 Å². The molecule has 0 saturated carbocycles. The molecule has 0 aliphatic carbocycles. The number of nitrogens with one attached hydrogen (secondary N) is 1. The van der Waals surface area contributed by atoms with E-state index in [9.17, 15) is 5.11 Å². The molecule has 0 aliphatic rings. The fourth-order valence-corrected chi connectivity index (χ4v) is 1.62. The third-order valence-electron chi connectivity index (χ3n) is 2.55. The maximum absolute atomic E-state index is 9.50. The first-order valence-corrected chi connectivity index (χ1v) is 5.80. The molecule has 0 radical (unpaired) electrons. The second-order valence-corrected chi connectivity index (χ2v) is 3.92. The Morgan fingerprint density at radius 2 is 2.00 bits per heavy atom. The maximum atomic E-state index is 9.50. The molecule has 18 heavy (non-hydrogen) atoms. The van der Waals surface area contributed by atoms with Gasteiger partial charge >= 0.3 is 0 Å². The van der Waals surface area contributed by atoms with Crippen LogP contribution in [0.2, 0.25) is 0 Å². The van der Waals surface area contributed by atoms with Crippen molar-refractivity contribution >= 4 is 0 Å². The van der Waals surface area contributed by atoms with Gasteiger partial charge in [-0.3, -0.25) is 0 Å². The maximum Gasteiger partial charge on any atom is 0.127 e. The summed E-state index contributed by atoms with van der Waals surface area (Å²) < 4.78 is 15.3. The minimum Gasteiger partial charge on any atom is -0.497 e. The van der Waals surface area contributed by atoms with Crippen LogP contribution in [0.5, 0.6) is 11.5 Å². The van der Waals surface area contributed by atoms with Crippen LogP contribution in [0.3, 0.4) is 0 Å². The van der Waals surface area contributed by atoms with Gasteiger partial charge in [0.15, 0.2) is 0 Å². The second-order valence-electron chi connectivity index (χ2n) is 3.92. The predicted octanol–water partition coefficient (Wildman–Crippen LogP) is 0.801. The zero-order valence-electron chi connectivity index (χ0n) is 11.1. The van der Waals surface area contributed by atoms with Gasteiger partial charge in [-0.05, 0) is 6.07 Å². The van der Waals surface area contributed by atoms with Crippen molar-refractivity contribution in [3.63, 3.8) is 0 Å². The molecule has 1 aromatic carbocycles. The molecule has 0 spiro atoms. The molecule has 1 unspecified atom stereocenters. The van der Waals surface area contributed by atoms with E-state index in [2.05, 4.69) is 5.32 Å². The fourth-order valence-electron chi connectivity index (χ4n) is 1.62. The highest BCUT2D eigenvalue weighted by Crippen LogP contribution is 2.24. The number of ether oxygens (including phenoxy) is 3. The molecule has 0 aromatic heterocycles. The number of aliphatic hydroxyl groups excluding tert-OH is 1. The molecule has 0 aliphatic heterocycles. The molecule has 102 valence electrons. The average molecular weight is 255 g/mol. The van der Waals surface area contributed by atoms with E-state index in [4.69, 9.17) is 14.2 Å². The molecule has 0 bridgehead atoms. The Hall–Kier alpha value is -1.30. The largest absolute Gasteiger partial charge is 0.497 e. The second kappa shape index (κ2) is 7.92. The normalized spacial score (nSPS) is 12.2. The number of benzene rings is 1. The van der Waals surface area contributed by atoms with Crippen LogP contribution in [0.25, 0.3) is 0 Å². The van der Waals surface area contributed by atoms with Gasteiger partial charge in [0.2, 0.25) is 0 Å². The highest BCUT2D eigenvalue weighted by Gasteiger charge is 2.06. The Balaban J connectivity index is 2.51. The molecule has 0 amide bonds. The van der Waals surface area contributed by atoms with E-state index < -0.39 is 6.10 Å². The van der Waals surface area contributed by atoms with E-state index in [0.29, 0.717) is 19.7 Å². The summed E-state index contributed by atoms with van der Waals surface area (Å²) in [5.74, 6) is 1.53. The summed E-state index contributed by atoms with van der Waals surface area (Å²) in [7, 11) is 4.81. The first-order chi connectivity index (χ1) is 8.71. The molecular formula is C13H21NO4. The van der Waals surface area contributed by atoms with Crippen molar-refractivity contribution < 1.29 is 19.3 Å². The highest BCUT2D eigenvalue weighted by atomic mass is 16.5. The quantitative estimate of drug-likeness (QED) is 0.719. The molecule has 1 aromatic rings. The topological polar surface area (TPSA) is 60.0 Å². The molecule has 0 fully saturated rings. The molecule has 1 rings (SSSR count). The van der Waals surface area contributed by atoms with E-state index in [-0.39, 0.29) is 0 Å². The zero-order chi connectivity index (χ0) is 13.4. The minimum absolute atomic E-state index is 0.326. The van der Waals surface area contributed by atoms with Crippen molar-refractivity contribution in [3.05, 3.63) is 23.8 Å². The molecule has 5 nitrogen and oxygen atoms in total. The molecule has 0 saturated heterocycles. The van der Waals surface area contributed by atoms with E-state index in [1.807, 2.05) is 18.2 Å². The minimum atomic E-state index is -0.501. The van der Waals surface area contributed by atoms with Crippen LogP contribution in [-0.2, 0) is 11.3 Å². The number of rotatable bonds is 8. The lowest BCUT2D eigenvalue weighted by Gasteiger charge is -2.13. The van der Waals surface area contributed by atoms with Crippen molar-refractivity contribution in [2.24, 2.45) is 0 Å². The number of aliphatic hydroxyl groups is 1. The summed E-state index contributed by atoms with van der Waals surface area (Å²) in [5, 5.41) is 12.6. The van der Waals surface area contributed by atoms with Crippen LogP contribution in [0.1, 0.15) is 5.56 Å². The van der Waals surface area contributed by atoms with Crippen LogP contribution in [0, 0.1) is 0 Å². The average Bonchev–Trinajstić information content (AvgIpc) is 2.39. The van der Waals surface area contributed by atoms with E-state index in [0.717, 1.165) is 17.1 Å². The van der Waals surface area contributed by atoms with Crippen molar-refractivity contribution in [3.8, 4) is 11.5 Å². The van der Waals surface area contributed by atoms with Crippen LogP contribution < -0.4 is 14.8 Å². The highest BCUT2D eigenvalue weighted by molar-refractivity contribution is 5.40. The lowest BCUT2D eigenvalue weighted by atomic mass is 10.2. The summed E-state index contributed by atoms with van der Waals surface area (Å²) in [5.41, 5.74) is 1.02. The summed E-state index contributed by atoms with van der Waals surface area (Å²) in [4.78, 5) is 0. The van der Waals surface area contributed by atoms with Crippen LogP contribution in [0.4, 0.5) is 0 Å². The van der Waals surface area contributed by atoms with Gasteiger partial charge in [0, 0.05) is 31.8 Å². The Labute approximate surface area is 108 Å². The van der Waals surface area contributed by atoms with Gasteiger partial charge in [-0.15, -0.1) is 0 Å². The molecule has 5 heteroatoms. The monoisotopic (exact) mass is 255 g/mol. The third kappa shape index (κ3) is 4.52. The Morgan fingerprint density at radius 1 is 1.22 bits per heavy atom. The number of hydrogen-bond acceptors (Lipinski definition) is 5. The lowest BCUT2D eigenvalue weighted by molar-refractivity contribution is 0.0644. The van der Waals surface area contributed by atoms with Crippen LogP contribution in [-0.4, -0.2) is 45.7 Å². The Kier molecular flexibility index (Phi) is 6.49. The lowest BCUT2D eigenvalue weighted by Crippen LogP contribution is -2.29. The summed E-state index contributed by atoms with van der Waals surface area (Å²) >= 11 is 0. The molecular weight excluding hydrogens is 234 g/mol. The van der Waals surface area contributed by atoms with Gasteiger partial charge in [0.1, 0.15) is 11.5 Å². The standard InChI is InChI=1S/C13H21NO4/c1-16-9-11(15)8-14-7-10-4-5-12(17-2)6-13(10)18-3/h4-6,11,14-15H,7-9H2,1-3H3. The third-order valence-corrected chi connectivity index (χ3v) is 2.55. The Morgan fingerprint density at radius 3 is 2.61 bits per heavy atom. The van der Waals surface area contributed by atoms with Gasteiger partial charge in [-0.25, -0.2) is 0 Å². The van der Waals surface area contributed by atoms with Crippen LogP contribution >= 0.6 is 0 Å². The van der Waals surface area contributed by atoms with Gasteiger partial charge in [0.25, 0.3) is 0 Å². The van der Waals surface area contributed by atoms with Crippen molar-refractivity contribution in [2.75, 3.05) is 34.5 Å². The SMILES string of the molecule is COCC(O)CNCc1ccc(OC)cc1OC. The van der Waals surface area contributed by atoms with E-state index in [1.54, 1.807) is 21.3 Å². The molecule has 2 N–H and O–H groups in total.